The van der Waals surface area contributed by atoms with Gasteiger partial charge in [0.05, 0.1) is 23.1 Å². The SMILES string of the molecule is C=C(c1nnc(-c2ccc(-n3ncc(C)n3)cc2O)s1)[C@H]1C[C@]2(C)C=C[C@@](C)(C2)[C@@H]1F. The number of alkyl halides is 1. The number of allylic oxidation sites excluding steroid dienone is 3. The molecule has 0 aliphatic heterocycles. The van der Waals surface area contributed by atoms with Crippen molar-refractivity contribution in [2.75, 3.05) is 0 Å². The fourth-order valence-electron chi connectivity index (χ4n) is 4.98. The molecule has 31 heavy (non-hydrogen) atoms. The van der Waals surface area contributed by atoms with Crippen molar-refractivity contribution in [3.63, 3.8) is 0 Å². The molecule has 2 bridgehead atoms. The monoisotopic (exact) mass is 437 g/mol. The van der Waals surface area contributed by atoms with Crippen LogP contribution in [0.15, 0.2) is 43.1 Å². The van der Waals surface area contributed by atoms with E-state index >= 15 is 4.39 Å². The quantitative estimate of drug-likeness (QED) is 0.572. The molecule has 1 fully saturated rings. The molecule has 2 heterocycles. The van der Waals surface area contributed by atoms with Crippen LogP contribution in [0.2, 0.25) is 0 Å². The van der Waals surface area contributed by atoms with Crippen LogP contribution in [0.4, 0.5) is 4.39 Å². The largest absolute Gasteiger partial charge is 0.507 e. The van der Waals surface area contributed by atoms with Crippen LogP contribution in [0, 0.1) is 23.7 Å². The second-order valence-corrected chi connectivity index (χ2v) is 10.3. The van der Waals surface area contributed by atoms with Gasteiger partial charge in [0.2, 0.25) is 0 Å². The van der Waals surface area contributed by atoms with Gasteiger partial charge >= 0.3 is 0 Å². The van der Waals surface area contributed by atoms with Crippen molar-refractivity contribution in [3.8, 4) is 22.0 Å². The average Bonchev–Trinajstić information content (AvgIpc) is 3.44. The minimum absolute atomic E-state index is 0.00848. The molecule has 8 heteroatoms. The Morgan fingerprint density at radius 1 is 1.29 bits per heavy atom. The van der Waals surface area contributed by atoms with Crippen LogP contribution in [0.3, 0.4) is 0 Å². The minimum Gasteiger partial charge on any atom is -0.507 e. The van der Waals surface area contributed by atoms with Crippen LogP contribution in [-0.2, 0) is 0 Å². The summed E-state index contributed by atoms with van der Waals surface area (Å²) in [7, 11) is 0. The van der Waals surface area contributed by atoms with Crippen LogP contribution < -0.4 is 0 Å². The van der Waals surface area contributed by atoms with E-state index in [1.54, 1.807) is 18.3 Å². The second kappa shape index (κ2) is 6.82. The lowest BCUT2D eigenvalue weighted by Gasteiger charge is -2.43. The standard InChI is InChI=1S/C23H24FN5OS/c1-13-11-25-29(28-13)15-5-6-16(18(30)9-15)21-27-26-20(31-21)14(2)17-10-22(3)7-8-23(4,12-22)19(17)24/h5-9,11,17,19,30H,2,10,12H2,1,3-4H3/t17-,19-,22+,23+/m1/s1. The van der Waals surface area contributed by atoms with E-state index in [1.165, 1.54) is 16.1 Å². The lowest BCUT2D eigenvalue weighted by Crippen LogP contribution is -2.41. The van der Waals surface area contributed by atoms with Crippen molar-refractivity contribution in [1.29, 1.82) is 0 Å². The zero-order valence-electron chi connectivity index (χ0n) is 17.7. The number of phenols is 1. The molecule has 3 aromatic rings. The van der Waals surface area contributed by atoms with Gasteiger partial charge in [0.1, 0.15) is 16.9 Å². The van der Waals surface area contributed by atoms with E-state index in [4.69, 9.17) is 0 Å². The van der Waals surface area contributed by atoms with E-state index in [-0.39, 0.29) is 17.1 Å². The molecule has 1 N–H and O–H groups in total. The van der Waals surface area contributed by atoms with Gasteiger partial charge in [0.15, 0.2) is 5.01 Å². The molecule has 0 unspecified atom stereocenters. The number of phenolic OH excluding ortho intramolecular Hbond substituents is 1. The Kier molecular flexibility index (Phi) is 4.41. The van der Waals surface area contributed by atoms with Crippen molar-refractivity contribution in [2.24, 2.45) is 16.7 Å². The first-order valence-electron chi connectivity index (χ1n) is 10.3. The van der Waals surface area contributed by atoms with Crippen LogP contribution in [0.25, 0.3) is 21.8 Å². The van der Waals surface area contributed by atoms with Gasteiger partial charge in [0, 0.05) is 17.4 Å². The van der Waals surface area contributed by atoms with Crippen molar-refractivity contribution in [2.45, 2.75) is 39.8 Å². The van der Waals surface area contributed by atoms with Crippen LogP contribution in [0.5, 0.6) is 5.75 Å². The van der Waals surface area contributed by atoms with Crippen molar-refractivity contribution >= 4 is 16.9 Å². The highest BCUT2D eigenvalue weighted by Gasteiger charge is 2.53. The number of nitrogens with zero attached hydrogens (tertiary/aromatic N) is 5. The number of fused-ring (bicyclic) bond motifs is 2. The lowest BCUT2D eigenvalue weighted by atomic mass is 9.62. The maximum Gasteiger partial charge on any atom is 0.151 e. The number of rotatable bonds is 4. The van der Waals surface area contributed by atoms with Gasteiger partial charge in [-0.15, -0.1) is 10.2 Å². The van der Waals surface area contributed by atoms with E-state index in [0.29, 0.717) is 33.3 Å². The van der Waals surface area contributed by atoms with Crippen molar-refractivity contribution in [3.05, 3.63) is 53.8 Å². The molecule has 0 saturated heterocycles. The third-order valence-corrected chi connectivity index (χ3v) is 7.55. The Morgan fingerprint density at radius 3 is 2.81 bits per heavy atom. The highest BCUT2D eigenvalue weighted by molar-refractivity contribution is 7.15. The smallest absolute Gasteiger partial charge is 0.151 e. The first kappa shape index (κ1) is 20.1. The first-order valence-corrected chi connectivity index (χ1v) is 11.1. The maximum atomic E-state index is 15.4. The summed E-state index contributed by atoms with van der Waals surface area (Å²) in [6.45, 7) is 10.2. The molecule has 5 rings (SSSR count). The van der Waals surface area contributed by atoms with E-state index in [0.717, 1.165) is 12.1 Å². The van der Waals surface area contributed by atoms with Gasteiger partial charge in [-0.1, -0.05) is 43.9 Å². The molecule has 2 aliphatic rings. The van der Waals surface area contributed by atoms with Gasteiger partial charge < -0.3 is 5.11 Å². The highest BCUT2D eigenvalue weighted by atomic mass is 32.1. The van der Waals surface area contributed by atoms with Gasteiger partial charge in [-0.25, -0.2) is 4.39 Å². The van der Waals surface area contributed by atoms with E-state index in [1.807, 2.05) is 26.0 Å². The summed E-state index contributed by atoms with van der Waals surface area (Å²) >= 11 is 1.32. The van der Waals surface area contributed by atoms with Crippen LogP contribution in [-0.4, -0.2) is 36.5 Å². The molecular formula is C23H24FN5OS. The Morgan fingerprint density at radius 2 is 2.10 bits per heavy atom. The summed E-state index contributed by atoms with van der Waals surface area (Å²) in [6.07, 6.45) is 6.39. The first-order chi connectivity index (χ1) is 14.7. The number of aromatic hydroxyl groups is 1. The van der Waals surface area contributed by atoms with Gasteiger partial charge in [0.25, 0.3) is 0 Å². The van der Waals surface area contributed by atoms with Gasteiger partial charge in [-0.05, 0) is 42.9 Å². The molecule has 0 amide bonds. The Hall–Kier alpha value is -2.87. The normalized spacial score (nSPS) is 29.4. The molecular weight excluding hydrogens is 413 g/mol. The third kappa shape index (κ3) is 3.29. The summed E-state index contributed by atoms with van der Waals surface area (Å²) in [5.74, 6) is -0.242. The topological polar surface area (TPSA) is 76.7 Å². The summed E-state index contributed by atoms with van der Waals surface area (Å²) < 4.78 is 15.4. The molecule has 0 spiro atoms. The average molecular weight is 438 g/mol. The number of halogens is 1. The lowest BCUT2D eigenvalue weighted by molar-refractivity contribution is 0.0454. The zero-order valence-corrected chi connectivity index (χ0v) is 18.5. The molecule has 0 radical (unpaired) electrons. The minimum atomic E-state index is -1.00. The molecule has 6 nitrogen and oxygen atoms in total. The Balaban J connectivity index is 1.41. The van der Waals surface area contributed by atoms with Crippen LogP contribution in [0.1, 0.15) is 37.4 Å². The van der Waals surface area contributed by atoms with Gasteiger partial charge in [-0.2, -0.15) is 15.0 Å². The molecule has 2 aromatic heterocycles. The summed E-state index contributed by atoms with van der Waals surface area (Å²) in [4.78, 5) is 1.46. The summed E-state index contributed by atoms with van der Waals surface area (Å²) in [5.41, 5.74) is 2.22. The number of benzene rings is 1. The van der Waals surface area contributed by atoms with E-state index < -0.39 is 11.6 Å². The second-order valence-electron chi connectivity index (χ2n) is 9.30. The summed E-state index contributed by atoms with van der Waals surface area (Å²) in [5, 5.41) is 28.7. The number of hydrogen-bond donors (Lipinski definition) is 1. The fourth-order valence-corrected chi connectivity index (χ4v) is 5.90. The predicted molar refractivity (Wildman–Crippen MR) is 119 cm³/mol. The maximum absolute atomic E-state index is 15.4. The number of aromatic nitrogens is 5. The number of aryl methyl sites for hydroxylation is 1. The zero-order chi connectivity index (χ0) is 22.0. The molecule has 1 aromatic carbocycles. The van der Waals surface area contributed by atoms with Crippen molar-refractivity contribution < 1.29 is 9.50 Å². The van der Waals surface area contributed by atoms with Gasteiger partial charge in [-0.3, -0.25) is 0 Å². The van der Waals surface area contributed by atoms with Crippen molar-refractivity contribution in [1.82, 2.24) is 25.2 Å². The molecule has 2 aliphatic carbocycles. The molecule has 160 valence electrons. The number of hydrogen-bond acceptors (Lipinski definition) is 6. The molecule has 4 atom stereocenters. The molecule has 1 saturated carbocycles. The highest BCUT2D eigenvalue weighted by Crippen LogP contribution is 2.59. The summed E-state index contributed by atoms with van der Waals surface area (Å²) in [6, 6.07) is 5.17. The van der Waals surface area contributed by atoms with E-state index in [2.05, 4.69) is 40.0 Å². The Bertz CT molecular complexity index is 1220. The van der Waals surface area contributed by atoms with Crippen LogP contribution >= 0.6 is 11.3 Å². The third-order valence-electron chi connectivity index (χ3n) is 6.52. The van der Waals surface area contributed by atoms with E-state index in [9.17, 15) is 5.11 Å². The Labute approximate surface area is 184 Å². The predicted octanol–water partition coefficient (Wildman–Crippen LogP) is 5.14. The fraction of sp³-hybridized carbons (Fsp3) is 0.391.